The molecular formula is C11H10O4. The molecular weight excluding hydrogens is 196 g/mol. The lowest BCUT2D eigenvalue weighted by molar-refractivity contribution is -0.136. The van der Waals surface area contributed by atoms with Gasteiger partial charge in [0.2, 0.25) is 0 Å². The lowest BCUT2D eigenvalue weighted by Crippen LogP contribution is -1.97. The molecule has 1 aromatic heterocycles. The normalized spacial score (nSPS) is 10.7. The Morgan fingerprint density at radius 2 is 2.20 bits per heavy atom. The van der Waals surface area contributed by atoms with Crippen molar-refractivity contribution in [1.29, 1.82) is 0 Å². The number of hydrogen-bond acceptors (Lipinski definition) is 3. The topological polar surface area (TPSA) is 70.7 Å². The van der Waals surface area contributed by atoms with Crippen LogP contribution in [0.5, 0.6) is 5.75 Å². The smallest absolute Gasteiger partial charge is 0.303 e. The van der Waals surface area contributed by atoms with Crippen molar-refractivity contribution in [2.45, 2.75) is 12.8 Å². The summed E-state index contributed by atoms with van der Waals surface area (Å²) in [7, 11) is 0. The summed E-state index contributed by atoms with van der Waals surface area (Å²) < 4.78 is 5.10. The molecule has 0 saturated heterocycles. The Bertz CT molecular complexity index is 498. The van der Waals surface area contributed by atoms with Crippen LogP contribution < -0.4 is 0 Å². The predicted octanol–water partition coefficient (Wildman–Crippen LogP) is 2.16. The van der Waals surface area contributed by atoms with Gasteiger partial charge >= 0.3 is 5.97 Å². The number of carbonyl (C=O) groups is 1. The third kappa shape index (κ3) is 1.79. The van der Waals surface area contributed by atoms with Crippen LogP contribution in [0.1, 0.15) is 12.0 Å². The van der Waals surface area contributed by atoms with E-state index in [0.29, 0.717) is 17.4 Å². The molecule has 2 N–H and O–H groups in total. The number of aliphatic carboxylic acids is 1. The SMILES string of the molecule is O=C(O)CCc1cccc2occ(O)c12. The Morgan fingerprint density at radius 1 is 1.40 bits per heavy atom. The second-order valence-corrected chi connectivity index (χ2v) is 3.30. The minimum absolute atomic E-state index is 0.0454. The van der Waals surface area contributed by atoms with Gasteiger partial charge < -0.3 is 14.6 Å². The number of carboxylic acids is 1. The van der Waals surface area contributed by atoms with E-state index < -0.39 is 5.97 Å². The van der Waals surface area contributed by atoms with Crippen LogP contribution in [0.15, 0.2) is 28.9 Å². The second kappa shape index (κ2) is 3.65. The molecule has 2 rings (SSSR count). The van der Waals surface area contributed by atoms with Gasteiger partial charge in [0.25, 0.3) is 0 Å². The molecule has 0 aliphatic heterocycles. The minimum atomic E-state index is -0.852. The van der Waals surface area contributed by atoms with Crippen molar-refractivity contribution in [3.05, 3.63) is 30.0 Å². The maximum atomic E-state index is 10.4. The van der Waals surface area contributed by atoms with Crippen molar-refractivity contribution in [2.75, 3.05) is 0 Å². The van der Waals surface area contributed by atoms with E-state index in [2.05, 4.69) is 0 Å². The van der Waals surface area contributed by atoms with Gasteiger partial charge in [-0.2, -0.15) is 0 Å². The average Bonchev–Trinajstić information content (AvgIpc) is 2.58. The molecule has 0 atom stereocenters. The summed E-state index contributed by atoms with van der Waals surface area (Å²) in [4.78, 5) is 10.4. The molecule has 0 aliphatic carbocycles. The molecule has 4 nitrogen and oxygen atoms in total. The molecule has 15 heavy (non-hydrogen) atoms. The molecule has 4 heteroatoms. The molecule has 78 valence electrons. The number of aromatic hydroxyl groups is 1. The Morgan fingerprint density at radius 3 is 2.93 bits per heavy atom. The monoisotopic (exact) mass is 206 g/mol. The molecule has 1 aromatic carbocycles. The zero-order valence-corrected chi connectivity index (χ0v) is 7.93. The molecule has 0 bridgehead atoms. The van der Waals surface area contributed by atoms with E-state index in [1.165, 1.54) is 6.26 Å². The van der Waals surface area contributed by atoms with Crippen LogP contribution in [0.2, 0.25) is 0 Å². The molecule has 0 aliphatic rings. The van der Waals surface area contributed by atoms with Crippen LogP contribution in [0.3, 0.4) is 0 Å². The van der Waals surface area contributed by atoms with Crippen LogP contribution in [0, 0.1) is 0 Å². The van der Waals surface area contributed by atoms with Gasteiger partial charge in [0.1, 0.15) is 11.8 Å². The van der Waals surface area contributed by atoms with E-state index in [9.17, 15) is 9.90 Å². The van der Waals surface area contributed by atoms with Gasteiger partial charge in [0, 0.05) is 6.42 Å². The van der Waals surface area contributed by atoms with Crippen molar-refractivity contribution in [3.8, 4) is 5.75 Å². The first kappa shape index (κ1) is 9.58. The maximum absolute atomic E-state index is 10.4. The number of hydrogen-bond donors (Lipinski definition) is 2. The van der Waals surface area contributed by atoms with Crippen molar-refractivity contribution in [2.24, 2.45) is 0 Å². The average molecular weight is 206 g/mol. The van der Waals surface area contributed by atoms with Crippen LogP contribution in [0.4, 0.5) is 0 Å². The number of aryl methyl sites for hydroxylation is 1. The third-order valence-electron chi connectivity index (χ3n) is 2.27. The highest BCUT2D eigenvalue weighted by atomic mass is 16.4. The quantitative estimate of drug-likeness (QED) is 0.807. The van der Waals surface area contributed by atoms with E-state index in [4.69, 9.17) is 9.52 Å². The van der Waals surface area contributed by atoms with Gasteiger partial charge in [-0.05, 0) is 18.1 Å². The van der Waals surface area contributed by atoms with Gasteiger partial charge in [-0.3, -0.25) is 4.79 Å². The van der Waals surface area contributed by atoms with E-state index in [1.54, 1.807) is 18.2 Å². The van der Waals surface area contributed by atoms with Crippen molar-refractivity contribution >= 4 is 16.9 Å². The van der Waals surface area contributed by atoms with Crippen LogP contribution in [-0.4, -0.2) is 16.2 Å². The fourth-order valence-electron chi connectivity index (χ4n) is 1.59. The molecule has 2 aromatic rings. The third-order valence-corrected chi connectivity index (χ3v) is 2.27. The van der Waals surface area contributed by atoms with Gasteiger partial charge in [-0.1, -0.05) is 12.1 Å². The molecule has 0 spiro atoms. The molecule has 0 radical (unpaired) electrons. The predicted molar refractivity (Wildman–Crippen MR) is 53.8 cm³/mol. The zero-order chi connectivity index (χ0) is 10.8. The van der Waals surface area contributed by atoms with Crippen molar-refractivity contribution < 1.29 is 19.4 Å². The molecule has 1 heterocycles. The summed E-state index contributed by atoms with van der Waals surface area (Å²) >= 11 is 0. The maximum Gasteiger partial charge on any atom is 0.303 e. The highest BCUT2D eigenvalue weighted by Crippen LogP contribution is 2.30. The largest absolute Gasteiger partial charge is 0.504 e. The van der Waals surface area contributed by atoms with Gasteiger partial charge in [-0.25, -0.2) is 0 Å². The van der Waals surface area contributed by atoms with Crippen LogP contribution in [0.25, 0.3) is 11.0 Å². The summed E-state index contributed by atoms with van der Waals surface area (Å²) in [6, 6.07) is 5.31. The van der Waals surface area contributed by atoms with E-state index in [1.807, 2.05) is 0 Å². The number of furan rings is 1. The minimum Gasteiger partial charge on any atom is -0.504 e. The highest BCUT2D eigenvalue weighted by molar-refractivity contribution is 5.87. The summed E-state index contributed by atoms with van der Waals surface area (Å²) in [5, 5.41) is 18.7. The van der Waals surface area contributed by atoms with E-state index in [-0.39, 0.29) is 12.2 Å². The first-order chi connectivity index (χ1) is 7.18. The summed E-state index contributed by atoms with van der Waals surface area (Å²) in [6.07, 6.45) is 1.69. The van der Waals surface area contributed by atoms with Gasteiger partial charge in [0.05, 0.1) is 5.39 Å². The number of rotatable bonds is 3. The molecule has 0 fully saturated rings. The van der Waals surface area contributed by atoms with E-state index >= 15 is 0 Å². The number of fused-ring (bicyclic) bond motifs is 1. The van der Waals surface area contributed by atoms with Crippen LogP contribution >= 0.6 is 0 Å². The van der Waals surface area contributed by atoms with Gasteiger partial charge in [-0.15, -0.1) is 0 Å². The van der Waals surface area contributed by atoms with Crippen LogP contribution in [-0.2, 0) is 11.2 Å². The van der Waals surface area contributed by atoms with Crippen molar-refractivity contribution in [1.82, 2.24) is 0 Å². The number of benzene rings is 1. The summed E-state index contributed by atoms with van der Waals surface area (Å²) in [5.41, 5.74) is 1.37. The first-order valence-corrected chi connectivity index (χ1v) is 4.58. The lowest BCUT2D eigenvalue weighted by Gasteiger charge is -2.00. The Kier molecular flexibility index (Phi) is 2.33. The fraction of sp³-hybridized carbons (Fsp3) is 0.182. The van der Waals surface area contributed by atoms with Crippen molar-refractivity contribution in [3.63, 3.8) is 0 Å². The Hall–Kier alpha value is -1.97. The Balaban J connectivity index is 2.41. The fourth-order valence-corrected chi connectivity index (χ4v) is 1.59. The lowest BCUT2D eigenvalue weighted by atomic mass is 10.1. The molecule has 0 saturated carbocycles. The molecule has 0 amide bonds. The highest BCUT2D eigenvalue weighted by Gasteiger charge is 2.10. The standard InChI is InChI=1S/C11H10O4/c12-8-6-15-9-3-1-2-7(11(8)9)4-5-10(13)14/h1-3,6,12H,4-5H2,(H,13,14). The summed E-state index contributed by atoms with van der Waals surface area (Å²) in [5.74, 6) is -0.791. The zero-order valence-electron chi connectivity index (χ0n) is 7.93. The Labute approximate surface area is 85.8 Å². The van der Waals surface area contributed by atoms with E-state index in [0.717, 1.165) is 5.56 Å². The summed E-state index contributed by atoms with van der Waals surface area (Å²) in [6.45, 7) is 0. The second-order valence-electron chi connectivity index (χ2n) is 3.30. The number of carboxylic acid groups (broad SMARTS) is 1. The van der Waals surface area contributed by atoms with Gasteiger partial charge in [0.15, 0.2) is 5.75 Å². The first-order valence-electron chi connectivity index (χ1n) is 4.58. The molecule has 0 unspecified atom stereocenters.